The number of rotatable bonds is 4. The van der Waals surface area contributed by atoms with Gasteiger partial charge in [-0.15, -0.1) is 0 Å². The number of aromatic nitrogens is 3. The highest BCUT2D eigenvalue weighted by atomic mass is 32.2. The van der Waals surface area contributed by atoms with Gasteiger partial charge in [0.1, 0.15) is 22.7 Å². The molecule has 4 nitrogen and oxygen atoms in total. The molecule has 0 aliphatic rings. The van der Waals surface area contributed by atoms with E-state index in [4.69, 9.17) is 4.74 Å². The van der Waals surface area contributed by atoms with E-state index < -0.39 is 0 Å². The van der Waals surface area contributed by atoms with Crippen LogP contribution in [0.15, 0.2) is 70.8 Å². The molecule has 1 N–H and O–H groups in total. The molecule has 0 saturated carbocycles. The highest BCUT2D eigenvalue weighted by Gasteiger charge is 2.11. The first kappa shape index (κ1) is 15.7. The van der Waals surface area contributed by atoms with E-state index in [2.05, 4.69) is 52.2 Å². The van der Waals surface area contributed by atoms with Crippen LogP contribution < -0.4 is 4.74 Å². The van der Waals surface area contributed by atoms with Crippen molar-refractivity contribution in [1.82, 2.24) is 15.0 Å². The summed E-state index contributed by atoms with van der Waals surface area (Å²) in [5.41, 5.74) is 4.14. The Bertz CT molecular complexity index is 1020. The fourth-order valence-corrected chi connectivity index (χ4v) is 3.52. The standard InChI is InChI=1S/C20H17N3OS/c1-13-6-8-16(9-7-13)25-20-17-11-18(23-19(17)21-12-22-20)14-4-3-5-15(10-14)24-2/h3-12H,1-2H3,(H,21,22,23). The Labute approximate surface area is 150 Å². The minimum Gasteiger partial charge on any atom is -0.497 e. The summed E-state index contributed by atoms with van der Waals surface area (Å²) < 4.78 is 5.32. The van der Waals surface area contributed by atoms with Crippen molar-refractivity contribution in [3.05, 3.63) is 66.5 Å². The van der Waals surface area contributed by atoms with E-state index in [9.17, 15) is 0 Å². The van der Waals surface area contributed by atoms with Crippen LogP contribution in [0.5, 0.6) is 5.75 Å². The summed E-state index contributed by atoms with van der Waals surface area (Å²) >= 11 is 1.65. The molecule has 0 bridgehead atoms. The molecule has 4 aromatic rings. The summed E-state index contributed by atoms with van der Waals surface area (Å²) in [6.45, 7) is 2.09. The summed E-state index contributed by atoms with van der Waals surface area (Å²) in [4.78, 5) is 13.4. The molecule has 124 valence electrons. The summed E-state index contributed by atoms with van der Waals surface area (Å²) in [5.74, 6) is 0.830. The van der Waals surface area contributed by atoms with Gasteiger partial charge in [-0.05, 0) is 37.3 Å². The summed E-state index contributed by atoms with van der Waals surface area (Å²) in [6, 6.07) is 18.5. The molecule has 0 spiro atoms. The molecule has 0 atom stereocenters. The molecule has 2 aromatic heterocycles. The molecule has 0 amide bonds. The average Bonchev–Trinajstić information content (AvgIpc) is 3.09. The van der Waals surface area contributed by atoms with Crippen molar-refractivity contribution in [2.75, 3.05) is 7.11 Å². The van der Waals surface area contributed by atoms with Gasteiger partial charge in [-0.1, -0.05) is 41.6 Å². The summed E-state index contributed by atoms with van der Waals surface area (Å²) in [6.07, 6.45) is 1.60. The Morgan fingerprint density at radius 1 is 1.00 bits per heavy atom. The van der Waals surface area contributed by atoms with E-state index in [1.54, 1.807) is 25.2 Å². The monoisotopic (exact) mass is 347 g/mol. The number of aryl methyl sites for hydroxylation is 1. The number of aromatic amines is 1. The first-order chi connectivity index (χ1) is 12.2. The number of ether oxygens (including phenoxy) is 1. The Morgan fingerprint density at radius 3 is 2.64 bits per heavy atom. The third-order valence-electron chi connectivity index (χ3n) is 4.01. The second-order valence-electron chi connectivity index (χ2n) is 5.77. The fraction of sp³-hybridized carbons (Fsp3) is 0.100. The predicted octanol–water partition coefficient (Wildman–Crippen LogP) is 5.09. The Morgan fingerprint density at radius 2 is 1.84 bits per heavy atom. The summed E-state index contributed by atoms with van der Waals surface area (Å²) in [5, 5.41) is 1.96. The number of fused-ring (bicyclic) bond motifs is 1. The van der Waals surface area contributed by atoms with Crippen LogP contribution in [0.2, 0.25) is 0 Å². The van der Waals surface area contributed by atoms with Crippen LogP contribution in [-0.2, 0) is 0 Å². The van der Waals surface area contributed by atoms with E-state index >= 15 is 0 Å². The smallest absolute Gasteiger partial charge is 0.142 e. The van der Waals surface area contributed by atoms with Crippen LogP contribution in [0.1, 0.15) is 5.56 Å². The molecular weight excluding hydrogens is 330 g/mol. The van der Waals surface area contributed by atoms with Crippen LogP contribution in [0.25, 0.3) is 22.3 Å². The van der Waals surface area contributed by atoms with Gasteiger partial charge in [-0.25, -0.2) is 9.97 Å². The van der Waals surface area contributed by atoms with Crippen molar-refractivity contribution in [2.45, 2.75) is 16.8 Å². The van der Waals surface area contributed by atoms with Gasteiger partial charge < -0.3 is 9.72 Å². The highest BCUT2D eigenvalue weighted by molar-refractivity contribution is 7.99. The number of methoxy groups -OCH3 is 1. The quantitative estimate of drug-likeness (QED) is 0.522. The zero-order valence-corrected chi connectivity index (χ0v) is 14.8. The zero-order chi connectivity index (χ0) is 17.2. The normalized spacial score (nSPS) is 11.0. The van der Waals surface area contributed by atoms with Gasteiger partial charge in [0.25, 0.3) is 0 Å². The van der Waals surface area contributed by atoms with Crippen molar-refractivity contribution in [2.24, 2.45) is 0 Å². The van der Waals surface area contributed by atoms with Crippen LogP contribution in [0, 0.1) is 6.92 Å². The molecule has 4 rings (SSSR count). The van der Waals surface area contributed by atoms with Gasteiger partial charge in [0.05, 0.1) is 12.5 Å². The molecule has 0 unspecified atom stereocenters. The van der Waals surface area contributed by atoms with E-state index in [0.717, 1.165) is 38.0 Å². The Balaban J connectivity index is 1.74. The first-order valence-electron chi connectivity index (χ1n) is 7.95. The molecule has 0 fully saturated rings. The lowest BCUT2D eigenvalue weighted by molar-refractivity contribution is 0.415. The SMILES string of the molecule is COc1cccc(-c2cc3c(Sc4ccc(C)cc4)ncnc3[nH]2)c1. The van der Waals surface area contributed by atoms with E-state index in [1.807, 2.05) is 24.3 Å². The van der Waals surface area contributed by atoms with Gasteiger partial charge >= 0.3 is 0 Å². The molecule has 5 heteroatoms. The van der Waals surface area contributed by atoms with E-state index in [0.29, 0.717) is 0 Å². The van der Waals surface area contributed by atoms with E-state index in [-0.39, 0.29) is 0 Å². The van der Waals surface area contributed by atoms with Crippen molar-refractivity contribution in [3.63, 3.8) is 0 Å². The van der Waals surface area contributed by atoms with Crippen LogP contribution >= 0.6 is 11.8 Å². The van der Waals surface area contributed by atoms with Gasteiger partial charge in [0.2, 0.25) is 0 Å². The molecule has 2 heterocycles. The van der Waals surface area contributed by atoms with Gasteiger partial charge in [-0.3, -0.25) is 0 Å². The average molecular weight is 347 g/mol. The number of hydrogen-bond donors (Lipinski definition) is 1. The fourth-order valence-electron chi connectivity index (χ4n) is 2.66. The maximum atomic E-state index is 5.32. The number of hydrogen-bond acceptors (Lipinski definition) is 4. The molecule has 25 heavy (non-hydrogen) atoms. The Hall–Kier alpha value is -2.79. The number of nitrogens with zero attached hydrogens (tertiary/aromatic N) is 2. The third kappa shape index (κ3) is 3.23. The topological polar surface area (TPSA) is 50.8 Å². The van der Waals surface area contributed by atoms with Gasteiger partial charge in [0.15, 0.2) is 0 Å². The molecule has 0 aliphatic carbocycles. The minimum absolute atomic E-state index is 0.830. The van der Waals surface area contributed by atoms with Crippen molar-refractivity contribution >= 4 is 22.8 Å². The van der Waals surface area contributed by atoms with E-state index in [1.165, 1.54) is 5.56 Å². The Kier molecular flexibility index (Phi) is 4.15. The first-order valence-corrected chi connectivity index (χ1v) is 8.77. The van der Waals surface area contributed by atoms with Crippen LogP contribution in [0.3, 0.4) is 0 Å². The predicted molar refractivity (Wildman–Crippen MR) is 101 cm³/mol. The lowest BCUT2D eigenvalue weighted by atomic mass is 10.1. The third-order valence-corrected chi connectivity index (χ3v) is 5.03. The van der Waals surface area contributed by atoms with Crippen molar-refractivity contribution < 1.29 is 4.74 Å². The maximum absolute atomic E-state index is 5.32. The maximum Gasteiger partial charge on any atom is 0.142 e. The summed E-state index contributed by atoms with van der Waals surface area (Å²) in [7, 11) is 1.67. The molecular formula is C20H17N3OS. The second kappa shape index (κ2) is 6.61. The molecule has 0 radical (unpaired) electrons. The molecule has 2 aromatic carbocycles. The van der Waals surface area contributed by atoms with Gasteiger partial charge in [-0.2, -0.15) is 0 Å². The number of nitrogens with one attached hydrogen (secondary N) is 1. The van der Waals surface area contributed by atoms with Crippen molar-refractivity contribution in [3.8, 4) is 17.0 Å². The zero-order valence-electron chi connectivity index (χ0n) is 14.0. The molecule has 0 aliphatic heterocycles. The second-order valence-corrected chi connectivity index (χ2v) is 6.83. The minimum atomic E-state index is 0.830. The number of H-pyrrole nitrogens is 1. The highest BCUT2D eigenvalue weighted by Crippen LogP contribution is 2.34. The largest absolute Gasteiger partial charge is 0.497 e. The van der Waals surface area contributed by atoms with Gasteiger partial charge in [0, 0.05) is 16.2 Å². The lowest BCUT2D eigenvalue weighted by Crippen LogP contribution is -1.85. The van der Waals surface area contributed by atoms with Crippen LogP contribution in [-0.4, -0.2) is 22.1 Å². The lowest BCUT2D eigenvalue weighted by Gasteiger charge is -2.02. The van der Waals surface area contributed by atoms with Crippen molar-refractivity contribution in [1.29, 1.82) is 0 Å². The molecule has 0 saturated heterocycles. The van der Waals surface area contributed by atoms with Crippen LogP contribution in [0.4, 0.5) is 0 Å². The number of benzene rings is 2.